The molecule has 1 aromatic carbocycles. The molecule has 2 aromatic rings. The number of nitrogens with zero attached hydrogens (tertiary/aromatic N) is 2. The standard InChI is InChI=1S/C14H11ClN2O3S/c15-9-5-11(16-10-4-2-1-3-8(9)10)13(18)17-7-21-6-12(17)14(19)20/h1-5,12H,6-7H2,(H,19,20)/t12-/m0/s1. The number of pyridine rings is 1. The summed E-state index contributed by atoms with van der Waals surface area (Å²) in [5, 5.41) is 10.4. The van der Waals surface area contributed by atoms with Gasteiger partial charge >= 0.3 is 5.97 Å². The van der Waals surface area contributed by atoms with Gasteiger partial charge in [-0.15, -0.1) is 11.8 Å². The minimum atomic E-state index is -1.000. The number of carboxylic acids is 1. The van der Waals surface area contributed by atoms with Crippen LogP contribution in [0.1, 0.15) is 10.5 Å². The van der Waals surface area contributed by atoms with Gasteiger partial charge in [-0.25, -0.2) is 9.78 Å². The van der Waals surface area contributed by atoms with Crippen molar-refractivity contribution in [2.45, 2.75) is 6.04 Å². The Hall–Kier alpha value is -1.79. The fraction of sp³-hybridized carbons (Fsp3) is 0.214. The molecule has 0 aliphatic carbocycles. The molecule has 7 heteroatoms. The third-order valence-corrected chi connectivity index (χ3v) is 4.64. The number of rotatable bonds is 2. The van der Waals surface area contributed by atoms with Gasteiger partial charge in [0, 0.05) is 11.1 Å². The van der Waals surface area contributed by atoms with Crippen LogP contribution in [-0.4, -0.2) is 44.5 Å². The maximum absolute atomic E-state index is 12.5. The molecule has 0 bridgehead atoms. The van der Waals surface area contributed by atoms with Crippen LogP contribution in [0.25, 0.3) is 10.9 Å². The lowest BCUT2D eigenvalue weighted by molar-refractivity contribution is -0.140. The number of halogens is 1. The number of hydrogen-bond acceptors (Lipinski definition) is 4. The van der Waals surface area contributed by atoms with E-state index >= 15 is 0 Å². The first-order valence-electron chi connectivity index (χ1n) is 6.25. The highest BCUT2D eigenvalue weighted by atomic mass is 35.5. The lowest BCUT2D eigenvalue weighted by Gasteiger charge is -2.20. The number of amides is 1. The maximum Gasteiger partial charge on any atom is 0.327 e. The van der Waals surface area contributed by atoms with Crippen molar-refractivity contribution in [3.63, 3.8) is 0 Å². The van der Waals surface area contributed by atoms with Crippen molar-refractivity contribution in [2.24, 2.45) is 0 Å². The van der Waals surface area contributed by atoms with Crippen LogP contribution in [0.15, 0.2) is 30.3 Å². The van der Waals surface area contributed by atoms with Gasteiger partial charge in [-0.2, -0.15) is 0 Å². The Balaban J connectivity index is 2.00. The Kier molecular flexibility index (Phi) is 3.73. The summed E-state index contributed by atoms with van der Waals surface area (Å²) in [5.41, 5.74) is 0.791. The minimum absolute atomic E-state index is 0.174. The van der Waals surface area contributed by atoms with Crippen molar-refractivity contribution in [1.29, 1.82) is 0 Å². The predicted molar refractivity (Wildman–Crippen MR) is 81.7 cm³/mol. The highest BCUT2D eigenvalue weighted by Gasteiger charge is 2.35. The van der Waals surface area contributed by atoms with Gasteiger partial charge in [0.05, 0.1) is 16.4 Å². The average molecular weight is 323 g/mol. The molecule has 108 valence electrons. The van der Waals surface area contributed by atoms with Gasteiger partial charge in [0.25, 0.3) is 5.91 Å². The van der Waals surface area contributed by atoms with E-state index in [-0.39, 0.29) is 5.69 Å². The maximum atomic E-state index is 12.5. The van der Waals surface area contributed by atoms with Crippen LogP contribution in [-0.2, 0) is 4.79 Å². The molecule has 0 saturated carbocycles. The van der Waals surface area contributed by atoms with Crippen LogP contribution in [0.3, 0.4) is 0 Å². The number of thioether (sulfide) groups is 1. The Morgan fingerprint density at radius 2 is 2.14 bits per heavy atom. The molecular formula is C14H11ClN2O3S. The number of para-hydroxylation sites is 1. The molecule has 1 N–H and O–H groups in total. The number of fused-ring (bicyclic) bond motifs is 1. The smallest absolute Gasteiger partial charge is 0.327 e. The Morgan fingerprint density at radius 3 is 2.90 bits per heavy atom. The van der Waals surface area contributed by atoms with Crippen molar-refractivity contribution < 1.29 is 14.7 Å². The SMILES string of the molecule is O=C(O)[C@@H]1CSCN1C(=O)c1cc(Cl)c2ccccc2n1. The van der Waals surface area contributed by atoms with Crippen LogP contribution in [0.2, 0.25) is 5.02 Å². The van der Waals surface area contributed by atoms with Crippen molar-refractivity contribution >= 4 is 46.1 Å². The van der Waals surface area contributed by atoms with Crippen molar-refractivity contribution in [1.82, 2.24) is 9.88 Å². The molecule has 3 rings (SSSR count). The second kappa shape index (κ2) is 5.54. The summed E-state index contributed by atoms with van der Waals surface area (Å²) in [4.78, 5) is 29.3. The number of hydrogen-bond donors (Lipinski definition) is 1. The first kappa shape index (κ1) is 14.2. The Morgan fingerprint density at radius 1 is 1.38 bits per heavy atom. The third-order valence-electron chi connectivity index (χ3n) is 3.31. The molecule has 1 aliphatic heterocycles. The highest BCUT2D eigenvalue weighted by molar-refractivity contribution is 7.99. The fourth-order valence-corrected chi connectivity index (χ4v) is 3.65. The summed E-state index contributed by atoms with van der Waals surface area (Å²) in [6.07, 6.45) is 0. The fourth-order valence-electron chi connectivity index (χ4n) is 2.24. The molecule has 1 amide bonds. The lowest BCUT2D eigenvalue weighted by atomic mass is 10.2. The van der Waals surface area contributed by atoms with E-state index in [2.05, 4.69) is 4.98 Å². The number of carboxylic acid groups (broad SMARTS) is 1. The number of aliphatic carboxylic acids is 1. The zero-order chi connectivity index (χ0) is 15.0. The summed E-state index contributed by atoms with van der Waals surface area (Å²) >= 11 is 7.59. The van der Waals surface area contributed by atoms with E-state index in [9.17, 15) is 9.59 Å². The van der Waals surface area contributed by atoms with Gasteiger partial charge in [-0.1, -0.05) is 29.8 Å². The summed E-state index contributed by atoms with van der Waals surface area (Å²) in [5.74, 6) is -0.662. The van der Waals surface area contributed by atoms with Crippen molar-refractivity contribution in [3.8, 4) is 0 Å². The minimum Gasteiger partial charge on any atom is -0.480 e. The van der Waals surface area contributed by atoms with Gasteiger partial charge in [0.2, 0.25) is 0 Å². The van der Waals surface area contributed by atoms with Gasteiger partial charge in [0.15, 0.2) is 0 Å². The number of carbonyl (C=O) groups is 2. The van der Waals surface area contributed by atoms with Gasteiger partial charge in [-0.3, -0.25) is 4.79 Å². The van der Waals surface area contributed by atoms with Crippen molar-refractivity contribution in [3.05, 3.63) is 41.0 Å². The molecular weight excluding hydrogens is 312 g/mol. The van der Waals surface area contributed by atoms with E-state index in [4.69, 9.17) is 16.7 Å². The molecule has 21 heavy (non-hydrogen) atoms. The quantitative estimate of drug-likeness (QED) is 0.919. The number of carbonyl (C=O) groups excluding carboxylic acids is 1. The largest absolute Gasteiger partial charge is 0.480 e. The third kappa shape index (κ3) is 2.56. The second-order valence-corrected chi connectivity index (χ2v) is 6.04. The normalized spacial score (nSPS) is 18.1. The monoisotopic (exact) mass is 322 g/mol. The Bertz CT molecular complexity index is 737. The van der Waals surface area contributed by atoms with Gasteiger partial charge in [0.1, 0.15) is 11.7 Å². The second-order valence-electron chi connectivity index (χ2n) is 4.64. The van der Waals surface area contributed by atoms with Crippen LogP contribution in [0.5, 0.6) is 0 Å². The summed E-state index contributed by atoms with van der Waals surface area (Å²) in [6, 6.07) is 7.93. The summed E-state index contributed by atoms with van der Waals surface area (Å²) in [6.45, 7) is 0. The molecule has 2 heterocycles. The molecule has 1 fully saturated rings. The summed E-state index contributed by atoms with van der Waals surface area (Å²) < 4.78 is 0. The molecule has 0 spiro atoms. The van der Waals surface area contributed by atoms with Crippen molar-refractivity contribution in [2.75, 3.05) is 11.6 Å². The zero-order valence-corrected chi connectivity index (χ0v) is 12.4. The van der Waals surface area contributed by atoms with E-state index < -0.39 is 17.9 Å². The first-order valence-corrected chi connectivity index (χ1v) is 7.78. The molecule has 1 aromatic heterocycles. The number of aromatic nitrogens is 1. The Labute approximate surface area is 129 Å². The van der Waals surface area contributed by atoms with E-state index in [1.54, 1.807) is 6.07 Å². The number of benzene rings is 1. The molecule has 1 aliphatic rings. The average Bonchev–Trinajstić information content (AvgIpc) is 2.96. The van der Waals surface area contributed by atoms with Gasteiger partial charge in [-0.05, 0) is 12.1 Å². The van der Waals surface area contributed by atoms with Crippen LogP contribution in [0.4, 0.5) is 0 Å². The summed E-state index contributed by atoms with van der Waals surface area (Å²) in [7, 11) is 0. The first-order chi connectivity index (χ1) is 10.1. The van der Waals surface area contributed by atoms with E-state index in [1.807, 2.05) is 18.2 Å². The van der Waals surface area contributed by atoms with Crippen LogP contribution in [0, 0.1) is 0 Å². The van der Waals surface area contributed by atoms with Crippen LogP contribution >= 0.6 is 23.4 Å². The van der Waals surface area contributed by atoms with E-state index in [0.717, 1.165) is 5.39 Å². The highest BCUT2D eigenvalue weighted by Crippen LogP contribution is 2.26. The molecule has 0 radical (unpaired) electrons. The molecule has 1 atom stereocenters. The molecule has 5 nitrogen and oxygen atoms in total. The van der Waals surface area contributed by atoms with Gasteiger partial charge < -0.3 is 10.0 Å². The molecule has 1 saturated heterocycles. The lowest BCUT2D eigenvalue weighted by Crippen LogP contribution is -2.42. The van der Waals surface area contributed by atoms with E-state index in [1.165, 1.54) is 22.7 Å². The predicted octanol–water partition coefficient (Wildman–Crippen LogP) is 2.49. The van der Waals surface area contributed by atoms with Crippen LogP contribution < -0.4 is 0 Å². The molecule has 0 unspecified atom stereocenters. The zero-order valence-electron chi connectivity index (χ0n) is 10.8. The topological polar surface area (TPSA) is 70.5 Å². The van der Waals surface area contributed by atoms with E-state index in [0.29, 0.717) is 22.2 Å².